The first-order valence-electron chi connectivity index (χ1n) is 7.82. The van der Waals surface area contributed by atoms with Crippen LogP contribution in [0, 0.1) is 0 Å². The van der Waals surface area contributed by atoms with Gasteiger partial charge in [-0.3, -0.25) is 0 Å². The average Bonchev–Trinajstić information content (AvgIpc) is 3.08. The van der Waals surface area contributed by atoms with Crippen molar-refractivity contribution in [1.29, 1.82) is 0 Å². The lowest BCUT2D eigenvalue weighted by molar-refractivity contribution is -0.137. The topological polar surface area (TPSA) is 86.8 Å². The van der Waals surface area contributed by atoms with Crippen LogP contribution in [0.1, 0.15) is 39.8 Å². The number of alkyl halides is 3. The molecule has 1 atom stereocenters. The minimum absolute atomic E-state index is 0.0831. The van der Waals surface area contributed by atoms with E-state index in [1.54, 1.807) is 0 Å². The van der Waals surface area contributed by atoms with E-state index in [0.29, 0.717) is 11.3 Å². The summed E-state index contributed by atoms with van der Waals surface area (Å²) in [5.74, 6) is -0.886. The number of nitrogen functional groups attached to an aromatic ring is 1. The number of rotatable bonds is 4. The molecule has 1 unspecified atom stereocenters. The normalized spacial score (nSPS) is 16.5. The van der Waals surface area contributed by atoms with Crippen LogP contribution in [0.15, 0.2) is 35.5 Å². The fraction of sp³-hybridized carbons (Fsp3) is 0.235. The molecule has 0 aliphatic carbocycles. The summed E-state index contributed by atoms with van der Waals surface area (Å²) < 4.78 is 42.8. The Hall–Kier alpha value is -2.52. The third kappa shape index (κ3) is 4.48. The second kappa shape index (κ2) is 7.84. The molecule has 11 heteroatoms. The monoisotopic (exact) mass is 433 g/mol. The summed E-state index contributed by atoms with van der Waals surface area (Å²) in [5, 5.41) is 3.73. The number of halogens is 5. The van der Waals surface area contributed by atoms with Crippen LogP contribution < -0.4 is 5.73 Å². The number of pyridine rings is 1. The van der Waals surface area contributed by atoms with E-state index in [-0.39, 0.29) is 34.6 Å². The highest BCUT2D eigenvalue weighted by molar-refractivity contribution is 6.65. The molecule has 6 nitrogen and oxygen atoms in total. The molecular weight excluding hydrogens is 422 g/mol. The van der Waals surface area contributed by atoms with Gasteiger partial charge in [-0.1, -0.05) is 40.5 Å². The molecule has 0 saturated carbocycles. The molecule has 2 heterocycles. The van der Waals surface area contributed by atoms with Gasteiger partial charge in [-0.05, 0) is 23.8 Å². The average molecular weight is 434 g/mol. The highest BCUT2D eigenvalue weighted by atomic mass is 35.5. The predicted octanol–water partition coefficient (Wildman–Crippen LogP) is 4.71. The number of anilines is 1. The molecule has 2 N–H and O–H groups in total. The van der Waals surface area contributed by atoms with E-state index in [4.69, 9.17) is 38.5 Å². The lowest BCUT2D eigenvalue weighted by Gasteiger charge is -2.13. The van der Waals surface area contributed by atoms with E-state index in [0.717, 1.165) is 12.1 Å². The summed E-state index contributed by atoms with van der Waals surface area (Å²) in [7, 11) is 0. The number of ether oxygens (including phenoxy) is 1. The summed E-state index contributed by atoms with van der Waals surface area (Å²) in [6.07, 6.45) is -4.80. The van der Waals surface area contributed by atoms with Gasteiger partial charge < -0.3 is 15.3 Å². The first-order valence-corrected chi connectivity index (χ1v) is 8.58. The van der Waals surface area contributed by atoms with E-state index >= 15 is 0 Å². The van der Waals surface area contributed by atoms with Crippen molar-refractivity contribution in [1.82, 2.24) is 4.98 Å². The van der Waals surface area contributed by atoms with Gasteiger partial charge in [-0.15, -0.1) is 0 Å². The molecule has 148 valence electrons. The van der Waals surface area contributed by atoms with Gasteiger partial charge in [0.25, 0.3) is 0 Å². The fourth-order valence-electron chi connectivity index (χ4n) is 2.38. The number of hydrogen-bond donors (Lipinski definition) is 1. The van der Waals surface area contributed by atoms with Crippen LogP contribution >= 0.6 is 23.2 Å². The van der Waals surface area contributed by atoms with E-state index in [1.807, 2.05) is 0 Å². The van der Waals surface area contributed by atoms with E-state index in [2.05, 4.69) is 10.1 Å². The molecular formula is C17H12Cl2F3N3O3. The van der Waals surface area contributed by atoms with Crippen molar-refractivity contribution in [2.75, 3.05) is 5.73 Å². The van der Waals surface area contributed by atoms with Gasteiger partial charge in [0.2, 0.25) is 0 Å². The minimum Gasteiger partial charge on any atom is -0.456 e. The number of nitrogens with zero attached hydrogens (tertiary/aromatic N) is 2. The maximum Gasteiger partial charge on any atom is 0.416 e. The molecule has 1 aromatic heterocycles. The minimum atomic E-state index is -4.44. The van der Waals surface area contributed by atoms with Gasteiger partial charge in [0.1, 0.15) is 11.8 Å². The van der Waals surface area contributed by atoms with E-state index in [1.165, 1.54) is 18.2 Å². The predicted molar refractivity (Wildman–Crippen MR) is 96.0 cm³/mol. The number of carbonyl (C=O) groups excluding carboxylic acids is 1. The van der Waals surface area contributed by atoms with Crippen LogP contribution in [0.2, 0.25) is 5.02 Å². The molecule has 1 aromatic carbocycles. The van der Waals surface area contributed by atoms with Crippen molar-refractivity contribution in [3.8, 4) is 0 Å². The molecule has 0 fully saturated rings. The van der Waals surface area contributed by atoms with Gasteiger partial charge in [0.15, 0.2) is 11.8 Å². The molecule has 0 spiro atoms. The Kier molecular flexibility index (Phi) is 5.66. The largest absolute Gasteiger partial charge is 0.456 e. The Morgan fingerprint density at radius 1 is 1.29 bits per heavy atom. The van der Waals surface area contributed by atoms with Gasteiger partial charge in [0.05, 0.1) is 22.0 Å². The highest BCUT2D eigenvalue weighted by Gasteiger charge is 2.30. The number of hydrogen-bond acceptors (Lipinski definition) is 6. The lowest BCUT2D eigenvalue weighted by Crippen LogP contribution is -2.13. The van der Waals surface area contributed by atoms with Gasteiger partial charge in [-0.25, -0.2) is 9.78 Å². The van der Waals surface area contributed by atoms with Crippen LogP contribution in [0.3, 0.4) is 0 Å². The highest BCUT2D eigenvalue weighted by Crippen LogP contribution is 2.32. The van der Waals surface area contributed by atoms with Crippen LogP contribution in [0.5, 0.6) is 0 Å². The Morgan fingerprint density at radius 2 is 1.96 bits per heavy atom. The number of benzene rings is 1. The molecule has 28 heavy (non-hydrogen) atoms. The Morgan fingerprint density at radius 3 is 2.54 bits per heavy atom. The zero-order chi connectivity index (χ0) is 20.5. The fourth-order valence-corrected chi connectivity index (χ4v) is 2.74. The number of carbonyl (C=O) groups is 1. The molecule has 0 radical (unpaired) electrons. The van der Waals surface area contributed by atoms with Crippen LogP contribution in [-0.2, 0) is 22.4 Å². The molecule has 0 amide bonds. The Labute approximate surface area is 167 Å². The second-order valence-electron chi connectivity index (χ2n) is 5.84. The van der Waals surface area contributed by atoms with Gasteiger partial charge in [0, 0.05) is 6.42 Å². The van der Waals surface area contributed by atoms with Crippen LogP contribution in [0.4, 0.5) is 18.9 Å². The zero-order valence-electron chi connectivity index (χ0n) is 14.0. The van der Waals surface area contributed by atoms with Crippen molar-refractivity contribution >= 4 is 40.0 Å². The number of aromatic nitrogens is 1. The quantitative estimate of drug-likeness (QED) is 0.705. The molecule has 0 bridgehead atoms. The second-order valence-corrected chi connectivity index (χ2v) is 6.65. The molecule has 2 aromatic rings. The smallest absolute Gasteiger partial charge is 0.416 e. The summed E-state index contributed by atoms with van der Waals surface area (Å²) in [6, 6.07) is 5.65. The molecule has 3 rings (SSSR count). The van der Waals surface area contributed by atoms with Crippen molar-refractivity contribution < 1.29 is 27.5 Å². The van der Waals surface area contributed by atoms with Crippen molar-refractivity contribution in [2.24, 2.45) is 5.16 Å². The molecule has 1 aliphatic rings. The third-order valence-corrected chi connectivity index (χ3v) is 4.43. The Balaban J connectivity index is 1.72. The third-order valence-electron chi connectivity index (χ3n) is 3.81. The molecule has 1 aliphatic heterocycles. The Bertz CT molecular complexity index is 934. The van der Waals surface area contributed by atoms with Crippen LogP contribution in [0.25, 0.3) is 0 Å². The maximum absolute atomic E-state index is 12.6. The summed E-state index contributed by atoms with van der Waals surface area (Å²) in [5.41, 5.74) is 5.51. The van der Waals surface area contributed by atoms with E-state index < -0.39 is 23.8 Å². The number of nitrogens with two attached hydrogens (primary N) is 1. The lowest BCUT2D eigenvalue weighted by atomic mass is 10.1. The number of oxime groups is 1. The van der Waals surface area contributed by atoms with Crippen molar-refractivity contribution in [2.45, 2.75) is 25.3 Å². The SMILES string of the molecule is Nc1cc(C2CC(Cl)=NO2)nc(C(=O)OCc2ccc(C(F)(F)F)cc2)c1Cl. The van der Waals surface area contributed by atoms with Crippen molar-refractivity contribution in [3.05, 3.63) is 57.9 Å². The van der Waals surface area contributed by atoms with Gasteiger partial charge >= 0.3 is 12.1 Å². The standard InChI is InChI=1S/C17H12Cl2F3N3O3/c18-13-6-12(28-25-13)11-5-10(23)14(19)15(24-11)16(26)27-7-8-1-3-9(4-2-8)17(20,21)22/h1-5,12H,6-7H2,(H2,23,24). The van der Waals surface area contributed by atoms with Crippen LogP contribution in [-0.4, -0.2) is 16.1 Å². The molecule has 0 saturated heterocycles. The zero-order valence-corrected chi connectivity index (χ0v) is 15.5. The maximum atomic E-state index is 12.6. The first kappa shape index (κ1) is 20.2. The summed E-state index contributed by atoms with van der Waals surface area (Å²) >= 11 is 11.8. The summed E-state index contributed by atoms with van der Waals surface area (Å²) in [4.78, 5) is 21.6. The van der Waals surface area contributed by atoms with Gasteiger partial charge in [-0.2, -0.15) is 13.2 Å². The first-order chi connectivity index (χ1) is 13.1. The number of esters is 1. The summed E-state index contributed by atoms with van der Waals surface area (Å²) in [6.45, 7) is -0.270. The van der Waals surface area contributed by atoms with Crippen molar-refractivity contribution in [3.63, 3.8) is 0 Å². The van der Waals surface area contributed by atoms with E-state index in [9.17, 15) is 18.0 Å².